The van der Waals surface area contributed by atoms with E-state index in [-0.39, 0.29) is 30.2 Å². The van der Waals surface area contributed by atoms with Crippen LogP contribution in [-0.4, -0.2) is 25.0 Å². The van der Waals surface area contributed by atoms with Crippen LogP contribution in [-0.2, 0) is 4.79 Å². The summed E-state index contributed by atoms with van der Waals surface area (Å²) in [5, 5.41) is 5.73. The van der Waals surface area contributed by atoms with E-state index in [4.69, 9.17) is 0 Å². The molecule has 136 valence electrons. The van der Waals surface area contributed by atoms with Gasteiger partial charge in [-0.25, -0.2) is 4.39 Å². The lowest BCUT2D eigenvalue weighted by Gasteiger charge is -2.19. The first-order chi connectivity index (χ1) is 11.6. The Hall–Kier alpha value is -1.56. The molecule has 6 heteroatoms. The van der Waals surface area contributed by atoms with E-state index in [2.05, 4.69) is 10.6 Å². The lowest BCUT2D eigenvalue weighted by Crippen LogP contribution is -2.40. The second-order valence-electron chi connectivity index (χ2n) is 5.54. The lowest BCUT2D eigenvalue weighted by atomic mass is 10.1. The number of amides is 1. The molecular weight excluding hydrogens is 359 g/mol. The van der Waals surface area contributed by atoms with E-state index in [9.17, 15) is 9.18 Å². The van der Waals surface area contributed by atoms with Crippen LogP contribution in [0.15, 0.2) is 59.5 Å². The van der Waals surface area contributed by atoms with E-state index in [1.807, 2.05) is 44.2 Å². The van der Waals surface area contributed by atoms with Crippen LogP contribution in [0.2, 0.25) is 0 Å². The summed E-state index contributed by atoms with van der Waals surface area (Å²) in [5.74, 6) is -0.420. The van der Waals surface area contributed by atoms with Gasteiger partial charge >= 0.3 is 0 Å². The molecule has 2 rings (SSSR count). The van der Waals surface area contributed by atoms with E-state index in [1.54, 1.807) is 18.2 Å². The number of benzene rings is 2. The molecule has 1 amide bonds. The first kappa shape index (κ1) is 21.5. The standard InChI is InChI=1S/C19H23FN2OS.ClH/c1-3-21-14(2)13-22-19(23)18(15-9-5-4-6-10-15)24-17-12-8-7-11-16(17)20;/h4-12,14,18,21H,3,13H2,1-2H3,(H,22,23);1H/t14-,18?;/m1./s1. The first-order valence-electron chi connectivity index (χ1n) is 8.09. The fourth-order valence-electron chi connectivity index (χ4n) is 2.34. The molecule has 0 heterocycles. The highest BCUT2D eigenvalue weighted by Gasteiger charge is 2.23. The van der Waals surface area contributed by atoms with Crippen LogP contribution in [0.3, 0.4) is 0 Å². The average molecular weight is 383 g/mol. The zero-order valence-electron chi connectivity index (χ0n) is 14.4. The number of carbonyl (C=O) groups excluding carboxylic acids is 1. The number of nitrogens with one attached hydrogen (secondary N) is 2. The minimum atomic E-state index is -0.489. The van der Waals surface area contributed by atoms with Gasteiger partial charge in [-0.05, 0) is 31.2 Å². The summed E-state index contributed by atoms with van der Waals surface area (Å²) in [6, 6.07) is 16.2. The molecule has 0 aliphatic rings. The molecule has 0 spiro atoms. The molecule has 0 bridgehead atoms. The van der Waals surface area contributed by atoms with E-state index in [1.165, 1.54) is 17.8 Å². The van der Waals surface area contributed by atoms with Crippen LogP contribution in [0.5, 0.6) is 0 Å². The summed E-state index contributed by atoms with van der Waals surface area (Å²) in [6.07, 6.45) is 0. The van der Waals surface area contributed by atoms with Crippen molar-refractivity contribution in [1.29, 1.82) is 0 Å². The second-order valence-corrected chi connectivity index (χ2v) is 6.69. The highest BCUT2D eigenvalue weighted by Crippen LogP contribution is 2.36. The average Bonchev–Trinajstić information content (AvgIpc) is 2.60. The Kier molecular flexibility index (Phi) is 9.57. The molecule has 3 nitrogen and oxygen atoms in total. The molecule has 0 radical (unpaired) electrons. The zero-order chi connectivity index (χ0) is 17.4. The summed E-state index contributed by atoms with van der Waals surface area (Å²) in [7, 11) is 0. The van der Waals surface area contributed by atoms with Gasteiger partial charge in [-0.3, -0.25) is 4.79 Å². The molecule has 1 unspecified atom stereocenters. The van der Waals surface area contributed by atoms with Crippen LogP contribution in [0.4, 0.5) is 4.39 Å². The van der Waals surface area contributed by atoms with E-state index >= 15 is 0 Å². The molecule has 0 saturated heterocycles. The molecule has 2 aromatic rings. The van der Waals surface area contributed by atoms with Gasteiger partial charge in [0.1, 0.15) is 11.1 Å². The number of thioether (sulfide) groups is 1. The van der Waals surface area contributed by atoms with Crippen molar-refractivity contribution < 1.29 is 9.18 Å². The van der Waals surface area contributed by atoms with Gasteiger partial charge in [0.15, 0.2) is 0 Å². The third-order valence-corrected chi connectivity index (χ3v) is 4.86. The van der Waals surface area contributed by atoms with Crippen molar-refractivity contribution in [1.82, 2.24) is 10.6 Å². The monoisotopic (exact) mass is 382 g/mol. The Bertz CT molecular complexity index is 657. The number of likely N-dealkylation sites (N-methyl/N-ethyl adjacent to an activating group) is 1. The third kappa shape index (κ3) is 6.69. The molecule has 0 aromatic heterocycles. The minimum Gasteiger partial charge on any atom is -0.353 e. The van der Waals surface area contributed by atoms with Crippen molar-refractivity contribution in [2.24, 2.45) is 0 Å². The van der Waals surface area contributed by atoms with E-state index in [0.717, 1.165) is 12.1 Å². The van der Waals surface area contributed by atoms with Gasteiger partial charge in [0.2, 0.25) is 5.91 Å². The maximum absolute atomic E-state index is 14.0. The van der Waals surface area contributed by atoms with Crippen LogP contribution < -0.4 is 10.6 Å². The molecule has 2 aromatic carbocycles. The second kappa shape index (κ2) is 11.1. The van der Waals surface area contributed by atoms with Gasteiger partial charge in [0.25, 0.3) is 0 Å². The van der Waals surface area contributed by atoms with Gasteiger partial charge in [-0.2, -0.15) is 0 Å². The fraction of sp³-hybridized carbons (Fsp3) is 0.316. The van der Waals surface area contributed by atoms with Gasteiger partial charge in [0.05, 0.1) is 0 Å². The first-order valence-corrected chi connectivity index (χ1v) is 8.97. The summed E-state index contributed by atoms with van der Waals surface area (Å²) in [4.78, 5) is 13.2. The zero-order valence-corrected chi connectivity index (χ0v) is 16.0. The maximum Gasteiger partial charge on any atom is 0.238 e. The smallest absolute Gasteiger partial charge is 0.238 e. The summed E-state index contributed by atoms with van der Waals surface area (Å²) in [5.41, 5.74) is 0.861. The largest absolute Gasteiger partial charge is 0.353 e. The number of carbonyl (C=O) groups is 1. The van der Waals surface area contributed by atoms with Crippen molar-refractivity contribution in [3.8, 4) is 0 Å². The van der Waals surface area contributed by atoms with Crippen molar-refractivity contribution in [2.45, 2.75) is 30.0 Å². The quantitative estimate of drug-likeness (QED) is 0.672. The molecule has 0 saturated carbocycles. The topological polar surface area (TPSA) is 41.1 Å². The SMILES string of the molecule is CCN[C@H](C)CNC(=O)C(Sc1ccccc1F)c1ccccc1.Cl. The predicted molar refractivity (Wildman–Crippen MR) is 105 cm³/mol. The number of rotatable bonds is 8. The van der Waals surface area contributed by atoms with Crippen LogP contribution >= 0.6 is 24.2 Å². The summed E-state index contributed by atoms with van der Waals surface area (Å²) in [6.45, 7) is 5.43. The Morgan fingerprint density at radius 3 is 2.40 bits per heavy atom. The Balaban J connectivity index is 0.00000312. The van der Waals surface area contributed by atoms with E-state index in [0.29, 0.717) is 11.4 Å². The van der Waals surface area contributed by atoms with Crippen LogP contribution in [0.25, 0.3) is 0 Å². The Morgan fingerprint density at radius 2 is 1.76 bits per heavy atom. The minimum absolute atomic E-state index is 0. The van der Waals surface area contributed by atoms with Crippen LogP contribution in [0, 0.1) is 5.82 Å². The molecule has 25 heavy (non-hydrogen) atoms. The number of hydrogen-bond donors (Lipinski definition) is 2. The number of hydrogen-bond acceptors (Lipinski definition) is 3. The normalized spacial score (nSPS) is 12.8. The molecular formula is C19H24ClFN2OS. The molecule has 0 aliphatic carbocycles. The van der Waals surface area contributed by atoms with Gasteiger partial charge < -0.3 is 10.6 Å². The molecule has 2 N–H and O–H groups in total. The van der Waals surface area contributed by atoms with E-state index < -0.39 is 5.25 Å². The lowest BCUT2D eigenvalue weighted by molar-refractivity contribution is -0.120. The number of halogens is 2. The Morgan fingerprint density at radius 1 is 1.12 bits per heavy atom. The van der Waals surface area contributed by atoms with Crippen LogP contribution in [0.1, 0.15) is 24.7 Å². The summed E-state index contributed by atoms with van der Waals surface area (Å²) >= 11 is 1.23. The van der Waals surface area contributed by atoms with Crippen molar-refractivity contribution >= 4 is 30.1 Å². The van der Waals surface area contributed by atoms with Gasteiger partial charge in [-0.1, -0.05) is 49.4 Å². The van der Waals surface area contributed by atoms with Gasteiger partial charge in [-0.15, -0.1) is 24.2 Å². The van der Waals surface area contributed by atoms with Crippen molar-refractivity contribution in [3.05, 3.63) is 66.0 Å². The summed E-state index contributed by atoms with van der Waals surface area (Å²) < 4.78 is 14.0. The molecule has 0 fully saturated rings. The maximum atomic E-state index is 14.0. The van der Waals surface area contributed by atoms with Crippen molar-refractivity contribution in [2.75, 3.05) is 13.1 Å². The predicted octanol–water partition coefficient (Wildman–Crippen LogP) is 4.20. The Labute approximate surface area is 159 Å². The highest BCUT2D eigenvalue weighted by molar-refractivity contribution is 8.00. The van der Waals surface area contributed by atoms with Gasteiger partial charge in [0, 0.05) is 17.5 Å². The van der Waals surface area contributed by atoms with Crippen molar-refractivity contribution in [3.63, 3.8) is 0 Å². The third-order valence-electron chi connectivity index (χ3n) is 3.56. The molecule has 2 atom stereocenters. The fourth-order valence-corrected chi connectivity index (χ4v) is 3.41. The highest BCUT2D eigenvalue weighted by atomic mass is 35.5. The molecule has 0 aliphatic heterocycles.